The van der Waals surface area contributed by atoms with Crippen molar-refractivity contribution in [3.05, 3.63) is 0 Å². The molecule has 1 atom stereocenters. The zero-order valence-electron chi connectivity index (χ0n) is 7.25. The third-order valence-corrected chi connectivity index (χ3v) is 1.95. The molecule has 70 valence electrons. The van der Waals surface area contributed by atoms with Crippen LogP contribution in [0.3, 0.4) is 0 Å². The van der Waals surface area contributed by atoms with Gasteiger partial charge in [0.1, 0.15) is 0 Å². The van der Waals surface area contributed by atoms with E-state index >= 15 is 0 Å². The summed E-state index contributed by atoms with van der Waals surface area (Å²) in [6.07, 6.45) is 1.33. The zero-order valence-corrected chi connectivity index (χ0v) is 8.06. The van der Waals surface area contributed by atoms with Gasteiger partial charge in [-0.05, 0) is 18.6 Å². The molecule has 0 aromatic carbocycles. The molecule has 1 heterocycles. The predicted octanol–water partition coefficient (Wildman–Crippen LogP) is -0.155. The highest BCUT2D eigenvalue weighted by molar-refractivity contribution is 7.80. The van der Waals surface area contributed by atoms with E-state index in [1.165, 1.54) is 0 Å². The van der Waals surface area contributed by atoms with Crippen molar-refractivity contribution in [2.45, 2.75) is 19.4 Å². The third-order valence-electron chi connectivity index (χ3n) is 1.86. The van der Waals surface area contributed by atoms with Crippen molar-refractivity contribution in [1.29, 1.82) is 0 Å². The molecule has 12 heavy (non-hydrogen) atoms. The molecular weight excluding hydrogens is 174 g/mol. The van der Waals surface area contributed by atoms with E-state index in [0.29, 0.717) is 11.2 Å². The maximum Gasteiger partial charge on any atom is 0.178 e. The van der Waals surface area contributed by atoms with Crippen molar-refractivity contribution in [2.24, 2.45) is 5.73 Å². The van der Waals surface area contributed by atoms with Crippen LogP contribution in [0.5, 0.6) is 0 Å². The molecule has 1 aliphatic heterocycles. The van der Waals surface area contributed by atoms with Gasteiger partial charge in [-0.1, -0.05) is 6.92 Å². The van der Waals surface area contributed by atoms with E-state index in [-0.39, 0.29) is 0 Å². The first-order valence-electron chi connectivity index (χ1n) is 4.15. The Balaban J connectivity index is 2.30. The molecule has 0 radical (unpaired) electrons. The number of hydrazine groups is 1. The first-order valence-corrected chi connectivity index (χ1v) is 4.56. The maximum absolute atomic E-state index is 5.47. The molecule has 5 heteroatoms. The van der Waals surface area contributed by atoms with Gasteiger partial charge in [-0.3, -0.25) is 5.43 Å². The van der Waals surface area contributed by atoms with Crippen molar-refractivity contribution in [2.75, 3.05) is 19.7 Å². The number of ether oxygens (including phenoxy) is 1. The Morgan fingerprint density at radius 1 is 1.83 bits per heavy atom. The van der Waals surface area contributed by atoms with Crippen LogP contribution in [0.2, 0.25) is 0 Å². The van der Waals surface area contributed by atoms with Crippen LogP contribution in [-0.2, 0) is 4.74 Å². The summed E-state index contributed by atoms with van der Waals surface area (Å²) in [5.41, 5.74) is 8.26. The number of nitrogens with two attached hydrogens (primary N) is 1. The van der Waals surface area contributed by atoms with Crippen LogP contribution in [-0.4, -0.2) is 35.9 Å². The molecule has 0 bridgehead atoms. The highest BCUT2D eigenvalue weighted by Crippen LogP contribution is 2.05. The third kappa shape index (κ3) is 2.92. The summed E-state index contributed by atoms with van der Waals surface area (Å²) in [4.78, 5) is 0. The molecule has 1 aliphatic rings. The van der Waals surface area contributed by atoms with Crippen LogP contribution in [0.15, 0.2) is 0 Å². The first-order chi connectivity index (χ1) is 5.72. The lowest BCUT2D eigenvalue weighted by Gasteiger charge is -2.32. The fourth-order valence-electron chi connectivity index (χ4n) is 1.22. The van der Waals surface area contributed by atoms with E-state index in [2.05, 4.69) is 12.3 Å². The Bertz CT molecular complexity index is 165. The van der Waals surface area contributed by atoms with E-state index in [1.54, 1.807) is 0 Å². The number of rotatable bonds is 2. The Labute approximate surface area is 78.0 Å². The molecule has 4 nitrogen and oxygen atoms in total. The highest BCUT2D eigenvalue weighted by atomic mass is 32.1. The number of hydrogen-bond acceptors (Lipinski definition) is 3. The zero-order chi connectivity index (χ0) is 8.97. The van der Waals surface area contributed by atoms with Crippen LogP contribution in [0, 0.1) is 0 Å². The maximum atomic E-state index is 5.47. The van der Waals surface area contributed by atoms with Crippen molar-refractivity contribution < 1.29 is 4.74 Å². The molecule has 1 saturated heterocycles. The average molecular weight is 189 g/mol. The quantitative estimate of drug-likeness (QED) is 0.591. The fourth-order valence-corrected chi connectivity index (χ4v) is 1.35. The van der Waals surface area contributed by atoms with E-state index in [1.807, 2.05) is 5.01 Å². The van der Waals surface area contributed by atoms with Crippen LogP contribution >= 0.6 is 12.2 Å². The predicted molar refractivity (Wildman–Crippen MR) is 51.5 cm³/mol. The number of hydrogen-bond donors (Lipinski definition) is 2. The Morgan fingerprint density at radius 2 is 2.58 bits per heavy atom. The summed E-state index contributed by atoms with van der Waals surface area (Å²) < 4.78 is 5.47. The number of thiocarbonyl (C=S) groups is 1. The molecule has 0 aliphatic carbocycles. The van der Waals surface area contributed by atoms with Gasteiger partial charge >= 0.3 is 0 Å². The largest absolute Gasteiger partial charge is 0.375 e. The smallest absolute Gasteiger partial charge is 0.178 e. The van der Waals surface area contributed by atoms with Crippen molar-refractivity contribution in [1.82, 2.24) is 10.4 Å². The number of nitrogens with one attached hydrogen (secondary N) is 1. The standard InChI is InChI=1S/C7H15N3OS/c1-2-6-5-10(3-4-11-6)9-7(8)12/h6H,2-5H2,1H3,(H3,8,9,12). The fraction of sp³-hybridized carbons (Fsp3) is 0.857. The minimum absolute atomic E-state index is 0.306. The van der Waals surface area contributed by atoms with Crippen LogP contribution in [0.1, 0.15) is 13.3 Å². The average Bonchev–Trinajstić information content (AvgIpc) is 2.03. The molecule has 0 saturated carbocycles. The normalized spacial score (nSPS) is 25.2. The van der Waals surface area contributed by atoms with Gasteiger partial charge < -0.3 is 10.5 Å². The topological polar surface area (TPSA) is 50.5 Å². The van der Waals surface area contributed by atoms with Crippen molar-refractivity contribution in [3.8, 4) is 0 Å². The van der Waals surface area contributed by atoms with Gasteiger partial charge in [-0.25, -0.2) is 5.01 Å². The molecule has 0 spiro atoms. The highest BCUT2D eigenvalue weighted by Gasteiger charge is 2.18. The van der Waals surface area contributed by atoms with E-state index in [0.717, 1.165) is 26.1 Å². The Kier molecular flexibility index (Phi) is 3.71. The lowest BCUT2D eigenvalue weighted by Crippen LogP contribution is -2.52. The summed E-state index contributed by atoms with van der Waals surface area (Å²) >= 11 is 4.74. The van der Waals surface area contributed by atoms with Gasteiger partial charge in [-0.15, -0.1) is 0 Å². The molecule has 0 aromatic rings. The Morgan fingerprint density at radius 3 is 3.17 bits per heavy atom. The van der Waals surface area contributed by atoms with E-state index in [9.17, 15) is 0 Å². The van der Waals surface area contributed by atoms with Crippen molar-refractivity contribution >= 4 is 17.3 Å². The lowest BCUT2D eigenvalue weighted by molar-refractivity contribution is -0.0392. The monoisotopic (exact) mass is 189 g/mol. The molecule has 0 aromatic heterocycles. The van der Waals surface area contributed by atoms with E-state index < -0.39 is 0 Å². The number of nitrogens with zero attached hydrogens (tertiary/aromatic N) is 1. The molecule has 1 fully saturated rings. The van der Waals surface area contributed by atoms with Crippen molar-refractivity contribution in [3.63, 3.8) is 0 Å². The summed E-state index contributed by atoms with van der Waals surface area (Å²) in [6.45, 7) is 4.55. The molecule has 3 N–H and O–H groups in total. The molecule has 0 amide bonds. The molecule has 1 rings (SSSR count). The van der Waals surface area contributed by atoms with E-state index in [4.69, 9.17) is 22.7 Å². The van der Waals surface area contributed by atoms with Crippen LogP contribution < -0.4 is 11.2 Å². The van der Waals surface area contributed by atoms with Gasteiger partial charge in [0.25, 0.3) is 0 Å². The summed E-state index contributed by atoms with van der Waals surface area (Å²) in [7, 11) is 0. The first kappa shape index (κ1) is 9.70. The lowest BCUT2D eigenvalue weighted by atomic mass is 10.2. The molecular formula is C7H15N3OS. The summed E-state index contributed by atoms with van der Waals surface area (Å²) in [6, 6.07) is 0. The second-order valence-electron chi connectivity index (χ2n) is 2.82. The summed E-state index contributed by atoms with van der Waals surface area (Å²) in [5.74, 6) is 0. The van der Waals surface area contributed by atoms with Gasteiger partial charge in [-0.2, -0.15) is 0 Å². The second kappa shape index (κ2) is 4.59. The number of morpholine rings is 1. The summed E-state index contributed by atoms with van der Waals surface area (Å²) in [5, 5.41) is 2.33. The SMILES string of the molecule is CCC1CN(NC(N)=S)CCO1. The van der Waals surface area contributed by atoms with Crippen LogP contribution in [0.4, 0.5) is 0 Å². The molecule has 1 unspecified atom stereocenters. The Hall–Kier alpha value is -0.390. The van der Waals surface area contributed by atoms with Crippen LogP contribution in [0.25, 0.3) is 0 Å². The minimum atomic E-state index is 0.306. The van der Waals surface area contributed by atoms with Gasteiger partial charge in [0, 0.05) is 13.1 Å². The second-order valence-corrected chi connectivity index (χ2v) is 3.26. The van der Waals surface area contributed by atoms with Gasteiger partial charge in [0.2, 0.25) is 0 Å². The van der Waals surface area contributed by atoms with Gasteiger partial charge in [0.15, 0.2) is 5.11 Å². The minimum Gasteiger partial charge on any atom is -0.375 e. The van der Waals surface area contributed by atoms with Gasteiger partial charge in [0.05, 0.1) is 12.7 Å².